The maximum atomic E-state index is 11.9. The van der Waals surface area contributed by atoms with Crippen molar-refractivity contribution in [3.05, 3.63) is 36.4 Å². The van der Waals surface area contributed by atoms with Gasteiger partial charge in [-0.15, -0.1) is 0 Å². The minimum absolute atomic E-state index is 0.0591. The van der Waals surface area contributed by atoms with Crippen molar-refractivity contribution >= 4 is 11.4 Å². The third-order valence-electron chi connectivity index (χ3n) is 2.16. The molecule has 2 heterocycles. The molecule has 0 atom stereocenters. The van der Waals surface area contributed by atoms with Crippen molar-refractivity contribution in [1.82, 2.24) is 14.7 Å². The highest BCUT2D eigenvalue weighted by molar-refractivity contribution is 5.95. The lowest BCUT2D eigenvalue weighted by molar-refractivity contribution is 0.0919. The fourth-order valence-electron chi connectivity index (χ4n) is 1.47. The number of rotatable bonds is 1. The van der Waals surface area contributed by atoms with Crippen LogP contribution < -0.4 is 5.32 Å². The Morgan fingerprint density at radius 1 is 1.44 bits per heavy atom. The van der Waals surface area contributed by atoms with Crippen molar-refractivity contribution in [2.75, 3.05) is 0 Å². The molecule has 16 heavy (non-hydrogen) atoms. The summed E-state index contributed by atoms with van der Waals surface area (Å²) >= 11 is 0. The van der Waals surface area contributed by atoms with Gasteiger partial charge in [-0.3, -0.25) is 4.79 Å². The normalized spacial score (nSPS) is 11.7. The van der Waals surface area contributed by atoms with Crippen LogP contribution in [0.15, 0.2) is 30.9 Å². The molecule has 0 aliphatic rings. The molecule has 4 heteroatoms. The standard InChI is InChI=1S/C12H15N3O/c1-12(2,3)14-11(16)9-4-5-15-8-13-7-10(15)6-9/h4-8H,1-3H3,(H,14,16). The molecule has 2 aromatic rings. The molecule has 2 aromatic heterocycles. The maximum Gasteiger partial charge on any atom is 0.251 e. The minimum Gasteiger partial charge on any atom is -0.347 e. The minimum atomic E-state index is -0.219. The molecule has 0 radical (unpaired) electrons. The fourth-order valence-corrected chi connectivity index (χ4v) is 1.47. The van der Waals surface area contributed by atoms with E-state index >= 15 is 0 Å². The molecule has 0 unspecified atom stereocenters. The summed E-state index contributed by atoms with van der Waals surface area (Å²) in [7, 11) is 0. The Hall–Kier alpha value is -1.84. The van der Waals surface area contributed by atoms with Gasteiger partial charge in [0.2, 0.25) is 0 Å². The summed E-state index contributed by atoms with van der Waals surface area (Å²) in [6.07, 6.45) is 5.27. The van der Waals surface area contributed by atoms with Crippen molar-refractivity contribution < 1.29 is 4.79 Å². The Morgan fingerprint density at radius 2 is 2.19 bits per heavy atom. The van der Waals surface area contributed by atoms with Gasteiger partial charge in [0.1, 0.15) is 0 Å². The summed E-state index contributed by atoms with van der Waals surface area (Å²) in [5, 5.41) is 2.92. The van der Waals surface area contributed by atoms with Crippen molar-refractivity contribution in [2.45, 2.75) is 26.3 Å². The SMILES string of the molecule is CC(C)(C)NC(=O)c1ccn2cncc2c1. The van der Waals surface area contributed by atoms with E-state index in [0.717, 1.165) is 5.52 Å². The number of amides is 1. The first-order chi connectivity index (χ1) is 7.46. The van der Waals surface area contributed by atoms with Crippen LogP contribution >= 0.6 is 0 Å². The Balaban J connectivity index is 2.29. The molecule has 2 rings (SSSR count). The van der Waals surface area contributed by atoms with Crippen LogP contribution in [0.1, 0.15) is 31.1 Å². The number of aromatic nitrogens is 2. The average molecular weight is 217 g/mol. The highest BCUT2D eigenvalue weighted by Gasteiger charge is 2.15. The molecule has 0 saturated heterocycles. The number of imidazole rings is 1. The van der Waals surface area contributed by atoms with E-state index in [4.69, 9.17) is 0 Å². The molecule has 0 aromatic carbocycles. The smallest absolute Gasteiger partial charge is 0.251 e. The second kappa shape index (κ2) is 3.63. The van der Waals surface area contributed by atoms with Gasteiger partial charge in [0.05, 0.1) is 18.0 Å². The van der Waals surface area contributed by atoms with E-state index in [2.05, 4.69) is 10.3 Å². The molecule has 4 nitrogen and oxygen atoms in total. The van der Waals surface area contributed by atoms with Crippen molar-refractivity contribution in [3.63, 3.8) is 0 Å². The van der Waals surface area contributed by atoms with Crippen LogP contribution in [0, 0.1) is 0 Å². The molecule has 0 bridgehead atoms. The lowest BCUT2D eigenvalue weighted by Crippen LogP contribution is -2.40. The average Bonchev–Trinajstić information content (AvgIpc) is 2.61. The van der Waals surface area contributed by atoms with Crippen LogP contribution in [0.25, 0.3) is 5.52 Å². The topological polar surface area (TPSA) is 46.4 Å². The second-order valence-corrected chi connectivity index (χ2v) is 4.85. The third-order valence-corrected chi connectivity index (χ3v) is 2.16. The molecular formula is C12H15N3O. The highest BCUT2D eigenvalue weighted by atomic mass is 16.1. The van der Waals surface area contributed by atoms with E-state index in [-0.39, 0.29) is 11.4 Å². The van der Waals surface area contributed by atoms with Crippen molar-refractivity contribution in [1.29, 1.82) is 0 Å². The monoisotopic (exact) mass is 217 g/mol. The number of nitrogens with one attached hydrogen (secondary N) is 1. The molecule has 84 valence electrons. The van der Waals surface area contributed by atoms with Crippen molar-refractivity contribution in [2.24, 2.45) is 0 Å². The Kier molecular flexibility index (Phi) is 2.42. The van der Waals surface area contributed by atoms with Gasteiger partial charge >= 0.3 is 0 Å². The fraction of sp³-hybridized carbons (Fsp3) is 0.333. The molecule has 0 aliphatic heterocycles. The molecule has 0 spiro atoms. The van der Waals surface area contributed by atoms with E-state index in [1.54, 1.807) is 18.6 Å². The van der Waals surface area contributed by atoms with Crippen LogP contribution in [0.2, 0.25) is 0 Å². The molecular weight excluding hydrogens is 202 g/mol. The zero-order valence-electron chi connectivity index (χ0n) is 9.69. The summed E-state index contributed by atoms with van der Waals surface area (Å²) in [6, 6.07) is 3.61. The number of hydrogen-bond donors (Lipinski definition) is 1. The van der Waals surface area contributed by atoms with Gasteiger partial charge in [-0.05, 0) is 32.9 Å². The van der Waals surface area contributed by atoms with E-state index in [1.165, 1.54) is 0 Å². The summed E-state index contributed by atoms with van der Waals surface area (Å²) in [6.45, 7) is 5.88. The largest absolute Gasteiger partial charge is 0.347 e. The predicted molar refractivity (Wildman–Crippen MR) is 62.4 cm³/mol. The van der Waals surface area contributed by atoms with Crippen LogP contribution in [0.4, 0.5) is 0 Å². The first-order valence-electron chi connectivity index (χ1n) is 5.20. The maximum absolute atomic E-state index is 11.9. The molecule has 1 amide bonds. The number of fused-ring (bicyclic) bond motifs is 1. The van der Waals surface area contributed by atoms with Gasteiger partial charge in [-0.1, -0.05) is 0 Å². The van der Waals surface area contributed by atoms with E-state index in [1.807, 2.05) is 37.4 Å². The van der Waals surface area contributed by atoms with Crippen LogP contribution in [0.5, 0.6) is 0 Å². The van der Waals surface area contributed by atoms with E-state index in [9.17, 15) is 4.79 Å². The Morgan fingerprint density at radius 3 is 2.88 bits per heavy atom. The Bertz CT molecular complexity index is 522. The van der Waals surface area contributed by atoms with Gasteiger partial charge in [-0.25, -0.2) is 4.98 Å². The summed E-state index contributed by atoms with van der Waals surface area (Å²) in [5.41, 5.74) is 1.35. The summed E-state index contributed by atoms with van der Waals surface area (Å²) in [4.78, 5) is 15.9. The number of nitrogens with zero attached hydrogens (tertiary/aromatic N) is 2. The third kappa shape index (κ3) is 2.21. The zero-order valence-corrected chi connectivity index (χ0v) is 9.69. The van der Waals surface area contributed by atoms with Gasteiger partial charge in [0, 0.05) is 17.3 Å². The van der Waals surface area contributed by atoms with E-state index < -0.39 is 0 Å². The van der Waals surface area contributed by atoms with Crippen LogP contribution in [-0.4, -0.2) is 20.8 Å². The lowest BCUT2D eigenvalue weighted by Gasteiger charge is -2.20. The number of hydrogen-bond acceptors (Lipinski definition) is 2. The second-order valence-electron chi connectivity index (χ2n) is 4.85. The van der Waals surface area contributed by atoms with Gasteiger partial charge in [0.25, 0.3) is 5.91 Å². The number of carbonyl (C=O) groups excluding carboxylic acids is 1. The van der Waals surface area contributed by atoms with Gasteiger partial charge in [0.15, 0.2) is 0 Å². The lowest BCUT2D eigenvalue weighted by atomic mass is 10.1. The van der Waals surface area contributed by atoms with Gasteiger partial charge < -0.3 is 9.72 Å². The number of carbonyl (C=O) groups is 1. The summed E-state index contributed by atoms with van der Waals surface area (Å²) in [5.74, 6) is -0.0591. The summed E-state index contributed by atoms with van der Waals surface area (Å²) < 4.78 is 1.87. The first-order valence-corrected chi connectivity index (χ1v) is 5.20. The first kappa shape index (κ1) is 10.7. The van der Waals surface area contributed by atoms with E-state index in [0.29, 0.717) is 5.56 Å². The quantitative estimate of drug-likeness (QED) is 0.792. The molecule has 0 aliphatic carbocycles. The zero-order chi connectivity index (χ0) is 11.8. The predicted octanol–water partition coefficient (Wildman–Crippen LogP) is 1.86. The molecule has 0 fully saturated rings. The highest BCUT2D eigenvalue weighted by Crippen LogP contribution is 2.08. The molecule has 0 saturated carbocycles. The van der Waals surface area contributed by atoms with Crippen LogP contribution in [0.3, 0.4) is 0 Å². The van der Waals surface area contributed by atoms with Gasteiger partial charge in [-0.2, -0.15) is 0 Å². The van der Waals surface area contributed by atoms with Crippen LogP contribution in [-0.2, 0) is 0 Å². The number of pyridine rings is 1. The van der Waals surface area contributed by atoms with Crippen molar-refractivity contribution in [3.8, 4) is 0 Å². The Labute approximate surface area is 94.3 Å². The molecule has 1 N–H and O–H groups in total.